The summed E-state index contributed by atoms with van der Waals surface area (Å²) < 4.78 is 2.82. The molecular weight excluding hydrogens is 336 g/mol. The molecule has 0 atom stereocenters. The molecule has 6 heteroatoms. The Morgan fingerprint density at radius 3 is 2.38 bits per heavy atom. The first-order chi connectivity index (χ1) is 9.56. The van der Waals surface area contributed by atoms with Crippen LogP contribution in [0.3, 0.4) is 0 Å². The molecule has 0 saturated heterocycles. The van der Waals surface area contributed by atoms with Crippen molar-refractivity contribution in [1.82, 2.24) is 9.88 Å². The minimum Gasteiger partial charge on any atom is -0.481 e. The number of carboxylic acids is 1. The Bertz CT molecular complexity index is 586. The van der Waals surface area contributed by atoms with E-state index in [0.29, 0.717) is 11.7 Å². The molecule has 5 nitrogen and oxygen atoms in total. The van der Waals surface area contributed by atoms with Crippen molar-refractivity contribution in [2.45, 2.75) is 52.1 Å². The summed E-state index contributed by atoms with van der Waals surface area (Å²) in [6.45, 7) is 6.70. The van der Waals surface area contributed by atoms with Crippen LogP contribution in [0.1, 0.15) is 57.1 Å². The van der Waals surface area contributed by atoms with Gasteiger partial charge in [-0.1, -0.05) is 0 Å². The monoisotopic (exact) mass is 356 g/mol. The predicted octanol–water partition coefficient (Wildman–Crippen LogP) is 3.20. The first kappa shape index (κ1) is 16.1. The lowest BCUT2D eigenvalue weighted by atomic mass is 9.74. The van der Waals surface area contributed by atoms with Crippen LogP contribution in [0.4, 0.5) is 0 Å². The van der Waals surface area contributed by atoms with Crippen molar-refractivity contribution < 1.29 is 14.7 Å². The normalized spacial score (nSPS) is 15.9. The van der Waals surface area contributed by atoms with Gasteiger partial charge in [-0.25, -0.2) is 0 Å². The summed E-state index contributed by atoms with van der Waals surface area (Å²) >= 11 is 3.39. The summed E-state index contributed by atoms with van der Waals surface area (Å²) in [7, 11) is 0. The van der Waals surface area contributed by atoms with Gasteiger partial charge in [-0.15, -0.1) is 0 Å². The van der Waals surface area contributed by atoms with Gasteiger partial charge in [0.1, 0.15) is 5.69 Å². The predicted molar refractivity (Wildman–Crippen MR) is 83.4 cm³/mol. The van der Waals surface area contributed by atoms with E-state index in [-0.39, 0.29) is 5.91 Å². The van der Waals surface area contributed by atoms with E-state index in [1.54, 1.807) is 33.8 Å². The third-order valence-corrected chi connectivity index (χ3v) is 4.94. The maximum atomic E-state index is 12.6. The Hall–Kier alpha value is -1.30. The van der Waals surface area contributed by atoms with Crippen molar-refractivity contribution in [2.24, 2.45) is 5.41 Å². The number of aliphatic carboxylic acids is 1. The number of carbonyl (C=O) groups is 2. The fourth-order valence-corrected chi connectivity index (χ4v) is 2.49. The van der Waals surface area contributed by atoms with Crippen molar-refractivity contribution in [2.75, 3.05) is 0 Å². The van der Waals surface area contributed by atoms with Crippen LogP contribution in [0, 0.1) is 5.41 Å². The van der Waals surface area contributed by atoms with Crippen molar-refractivity contribution in [1.29, 1.82) is 0 Å². The molecule has 2 rings (SSSR count). The number of carbonyl (C=O) groups excluding carboxylic acids is 1. The largest absolute Gasteiger partial charge is 0.481 e. The Balaban J connectivity index is 2.23. The standard InChI is InChI=1S/C15H21BrN2O3/c1-14(2,13(20)21)15(3,4)17-12(19)11-7-9(16)8-18(11)10-5-6-10/h7-8,10H,5-6H2,1-4H3,(H,17,19)(H,20,21). The molecule has 1 amide bonds. The molecule has 0 bridgehead atoms. The Kier molecular flexibility index (Phi) is 3.95. The van der Waals surface area contributed by atoms with E-state index in [2.05, 4.69) is 21.2 Å². The van der Waals surface area contributed by atoms with Crippen LogP contribution in [0.5, 0.6) is 0 Å². The summed E-state index contributed by atoms with van der Waals surface area (Å²) in [5.74, 6) is -1.18. The molecule has 0 unspecified atom stereocenters. The molecule has 1 aromatic rings. The van der Waals surface area contributed by atoms with Crippen molar-refractivity contribution in [3.63, 3.8) is 0 Å². The average Bonchev–Trinajstić information content (AvgIpc) is 3.11. The Labute approximate surface area is 132 Å². The van der Waals surface area contributed by atoms with Gasteiger partial charge in [0.15, 0.2) is 0 Å². The first-order valence-corrected chi connectivity index (χ1v) is 7.79. The zero-order valence-corrected chi connectivity index (χ0v) is 14.3. The van der Waals surface area contributed by atoms with E-state index in [4.69, 9.17) is 0 Å². The van der Waals surface area contributed by atoms with E-state index >= 15 is 0 Å². The van der Waals surface area contributed by atoms with Crippen LogP contribution >= 0.6 is 15.9 Å². The fourth-order valence-electron chi connectivity index (χ4n) is 2.05. The van der Waals surface area contributed by atoms with Gasteiger partial charge in [-0.2, -0.15) is 0 Å². The second kappa shape index (κ2) is 5.16. The molecule has 2 N–H and O–H groups in total. The van der Waals surface area contributed by atoms with Gasteiger partial charge in [0, 0.05) is 16.7 Å². The van der Waals surface area contributed by atoms with Crippen LogP contribution in [-0.4, -0.2) is 27.1 Å². The minimum atomic E-state index is -1.07. The Morgan fingerprint density at radius 2 is 1.90 bits per heavy atom. The molecule has 1 fully saturated rings. The van der Waals surface area contributed by atoms with Gasteiger partial charge < -0.3 is 15.0 Å². The SMILES string of the molecule is CC(C)(NC(=O)c1cc(Br)cn1C1CC1)C(C)(C)C(=O)O. The summed E-state index contributed by atoms with van der Waals surface area (Å²) in [6.07, 6.45) is 4.05. The highest BCUT2D eigenvalue weighted by molar-refractivity contribution is 9.10. The lowest BCUT2D eigenvalue weighted by Gasteiger charge is -2.38. The summed E-state index contributed by atoms with van der Waals surface area (Å²) in [4.78, 5) is 24.0. The van der Waals surface area contributed by atoms with Crippen LogP contribution < -0.4 is 5.32 Å². The molecule has 1 aromatic heterocycles. The molecule has 1 heterocycles. The highest BCUT2D eigenvalue weighted by Gasteiger charge is 2.45. The van der Waals surface area contributed by atoms with E-state index in [1.165, 1.54) is 0 Å². The second-order valence-corrected chi connectivity index (χ2v) is 7.61. The number of hydrogen-bond acceptors (Lipinski definition) is 2. The molecule has 1 aliphatic rings. The van der Waals surface area contributed by atoms with E-state index in [9.17, 15) is 14.7 Å². The molecule has 0 aliphatic heterocycles. The van der Waals surface area contributed by atoms with Gasteiger partial charge in [0.2, 0.25) is 0 Å². The number of hydrogen-bond donors (Lipinski definition) is 2. The van der Waals surface area contributed by atoms with Gasteiger partial charge in [0.25, 0.3) is 5.91 Å². The number of carboxylic acid groups (broad SMARTS) is 1. The maximum absolute atomic E-state index is 12.6. The fraction of sp³-hybridized carbons (Fsp3) is 0.600. The number of nitrogens with zero attached hydrogens (tertiary/aromatic N) is 1. The highest BCUT2D eigenvalue weighted by atomic mass is 79.9. The topological polar surface area (TPSA) is 71.3 Å². The highest BCUT2D eigenvalue weighted by Crippen LogP contribution is 2.38. The Morgan fingerprint density at radius 1 is 1.33 bits per heavy atom. The summed E-state index contributed by atoms with van der Waals surface area (Å²) in [5, 5.41) is 12.2. The number of nitrogens with one attached hydrogen (secondary N) is 1. The molecule has 116 valence electrons. The molecule has 0 aromatic carbocycles. The molecule has 1 saturated carbocycles. The summed E-state index contributed by atoms with van der Waals surface area (Å²) in [5.41, 5.74) is -1.38. The maximum Gasteiger partial charge on any atom is 0.311 e. The molecule has 0 spiro atoms. The van der Waals surface area contributed by atoms with Crippen LogP contribution in [0.15, 0.2) is 16.7 Å². The smallest absolute Gasteiger partial charge is 0.311 e. The molecule has 21 heavy (non-hydrogen) atoms. The van der Waals surface area contributed by atoms with E-state index in [0.717, 1.165) is 17.3 Å². The van der Waals surface area contributed by atoms with Crippen molar-refractivity contribution >= 4 is 27.8 Å². The van der Waals surface area contributed by atoms with E-state index < -0.39 is 16.9 Å². The summed E-state index contributed by atoms with van der Waals surface area (Å²) in [6, 6.07) is 2.16. The lowest BCUT2D eigenvalue weighted by molar-refractivity contribution is -0.150. The lowest BCUT2D eigenvalue weighted by Crippen LogP contribution is -2.57. The van der Waals surface area contributed by atoms with Gasteiger partial charge >= 0.3 is 5.97 Å². The van der Waals surface area contributed by atoms with Crippen molar-refractivity contribution in [3.8, 4) is 0 Å². The average molecular weight is 357 g/mol. The molecule has 1 aliphatic carbocycles. The van der Waals surface area contributed by atoms with Crippen LogP contribution in [0.2, 0.25) is 0 Å². The van der Waals surface area contributed by atoms with Gasteiger partial charge in [0.05, 0.1) is 11.0 Å². The van der Waals surface area contributed by atoms with Gasteiger partial charge in [-0.05, 0) is 62.5 Å². The van der Waals surface area contributed by atoms with Crippen LogP contribution in [0.25, 0.3) is 0 Å². The third-order valence-electron chi connectivity index (χ3n) is 4.51. The second-order valence-electron chi connectivity index (χ2n) is 6.69. The van der Waals surface area contributed by atoms with Crippen molar-refractivity contribution in [3.05, 3.63) is 22.4 Å². The zero-order chi connectivity index (χ0) is 16.0. The van der Waals surface area contributed by atoms with E-state index in [1.807, 2.05) is 10.8 Å². The minimum absolute atomic E-state index is 0.244. The number of rotatable bonds is 5. The van der Waals surface area contributed by atoms with Gasteiger partial charge in [-0.3, -0.25) is 9.59 Å². The van der Waals surface area contributed by atoms with Crippen LogP contribution in [-0.2, 0) is 4.79 Å². The number of aromatic nitrogens is 1. The quantitative estimate of drug-likeness (QED) is 0.850. The molecule has 0 radical (unpaired) electrons. The molecular formula is C15H21BrN2O3. The first-order valence-electron chi connectivity index (χ1n) is 6.99. The number of halogens is 1. The zero-order valence-electron chi connectivity index (χ0n) is 12.7. The third kappa shape index (κ3) is 3.00. The number of amides is 1.